The highest BCUT2D eigenvalue weighted by molar-refractivity contribution is 5.16. The molecule has 0 amide bonds. The van der Waals surface area contributed by atoms with E-state index in [-0.39, 0.29) is 6.61 Å². The molecule has 1 aromatic rings. The fourth-order valence-corrected chi connectivity index (χ4v) is 0.845. The van der Waals surface area contributed by atoms with E-state index in [0.717, 1.165) is 6.42 Å². The molecule has 0 heterocycles. The first-order valence-electron chi connectivity index (χ1n) is 3.40. The lowest BCUT2D eigenvalue weighted by atomic mass is 10.1. The number of rotatable bonds is 3. The van der Waals surface area contributed by atoms with Crippen molar-refractivity contribution in [2.75, 3.05) is 6.61 Å². The Labute approximate surface area is 61.3 Å². The molecule has 53 valence electrons. The average molecular weight is 135 g/mol. The second kappa shape index (κ2) is 4.07. The van der Waals surface area contributed by atoms with Crippen molar-refractivity contribution in [1.29, 1.82) is 0 Å². The zero-order valence-electron chi connectivity index (χ0n) is 5.83. The second-order valence-corrected chi connectivity index (χ2v) is 2.16. The molecule has 1 heteroatoms. The summed E-state index contributed by atoms with van der Waals surface area (Å²) in [7, 11) is 0. The van der Waals surface area contributed by atoms with Crippen molar-refractivity contribution in [3.05, 3.63) is 42.3 Å². The third-order valence-electron chi connectivity index (χ3n) is 1.35. The molecular formula is C9H11O. The molecule has 0 spiro atoms. The van der Waals surface area contributed by atoms with Crippen molar-refractivity contribution >= 4 is 0 Å². The lowest BCUT2D eigenvalue weighted by molar-refractivity contribution is 0.325. The molecule has 1 radical (unpaired) electrons. The normalized spacial score (nSPS) is 9.70. The SMILES string of the molecule is OC[CH]Cc1ccccc1. The predicted molar refractivity (Wildman–Crippen MR) is 41.5 cm³/mol. The van der Waals surface area contributed by atoms with Crippen molar-refractivity contribution in [2.24, 2.45) is 0 Å². The van der Waals surface area contributed by atoms with E-state index in [0.29, 0.717) is 0 Å². The molecule has 0 saturated heterocycles. The van der Waals surface area contributed by atoms with Gasteiger partial charge in [0, 0.05) is 6.61 Å². The van der Waals surface area contributed by atoms with Gasteiger partial charge in [-0.05, 0) is 18.4 Å². The first-order valence-corrected chi connectivity index (χ1v) is 3.40. The van der Waals surface area contributed by atoms with Gasteiger partial charge in [0.1, 0.15) is 0 Å². The molecule has 0 aromatic heterocycles. The number of hydrogen-bond acceptors (Lipinski definition) is 1. The standard InChI is InChI=1S/C9H11O/c10-8-4-7-9-5-2-1-3-6-9/h1-6,10H,7-8H2. The van der Waals surface area contributed by atoms with Crippen molar-refractivity contribution in [2.45, 2.75) is 6.42 Å². The molecule has 1 N–H and O–H groups in total. The Morgan fingerprint density at radius 3 is 2.50 bits per heavy atom. The van der Waals surface area contributed by atoms with Crippen molar-refractivity contribution in [3.63, 3.8) is 0 Å². The van der Waals surface area contributed by atoms with E-state index in [1.54, 1.807) is 0 Å². The van der Waals surface area contributed by atoms with Crippen LogP contribution < -0.4 is 0 Å². The quantitative estimate of drug-likeness (QED) is 0.664. The highest BCUT2D eigenvalue weighted by Crippen LogP contribution is 2.00. The van der Waals surface area contributed by atoms with Crippen molar-refractivity contribution < 1.29 is 5.11 Å². The summed E-state index contributed by atoms with van der Waals surface area (Å²) in [5.74, 6) is 0. The minimum atomic E-state index is 0.162. The van der Waals surface area contributed by atoms with Crippen LogP contribution in [-0.4, -0.2) is 11.7 Å². The summed E-state index contributed by atoms with van der Waals surface area (Å²) in [6.07, 6.45) is 2.70. The predicted octanol–water partition coefficient (Wildman–Crippen LogP) is 1.43. The molecular weight excluding hydrogens is 124 g/mol. The molecule has 0 saturated carbocycles. The minimum absolute atomic E-state index is 0.162. The Morgan fingerprint density at radius 2 is 1.90 bits per heavy atom. The fourth-order valence-electron chi connectivity index (χ4n) is 0.845. The zero-order valence-corrected chi connectivity index (χ0v) is 5.83. The molecule has 0 unspecified atom stereocenters. The van der Waals surface area contributed by atoms with Crippen LogP contribution in [0.15, 0.2) is 30.3 Å². The summed E-state index contributed by atoms with van der Waals surface area (Å²) in [6.45, 7) is 0.162. The Kier molecular flexibility index (Phi) is 2.97. The van der Waals surface area contributed by atoms with Crippen LogP contribution in [0.5, 0.6) is 0 Å². The molecule has 1 nitrogen and oxygen atoms in total. The maximum atomic E-state index is 8.47. The fraction of sp³-hybridized carbons (Fsp3) is 0.222. The van der Waals surface area contributed by atoms with Crippen LogP contribution in [0.25, 0.3) is 0 Å². The largest absolute Gasteiger partial charge is 0.396 e. The van der Waals surface area contributed by atoms with Crippen molar-refractivity contribution in [3.8, 4) is 0 Å². The van der Waals surface area contributed by atoms with E-state index >= 15 is 0 Å². The van der Waals surface area contributed by atoms with Gasteiger partial charge in [0.2, 0.25) is 0 Å². The lowest BCUT2D eigenvalue weighted by Gasteiger charge is -1.95. The highest BCUT2D eigenvalue weighted by Gasteiger charge is 1.88. The molecule has 1 rings (SSSR count). The van der Waals surface area contributed by atoms with Gasteiger partial charge in [-0.15, -0.1) is 0 Å². The zero-order chi connectivity index (χ0) is 7.23. The van der Waals surface area contributed by atoms with Crippen LogP contribution in [0.3, 0.4) is 0 Å². The molecule has 0 aliphatic rings. The van der Waals surface area contributed by atoms with E-state index in [2.05, 4.69) is 0 Å². The van der Waals surface area contributed by atoms with Crippen LogP contribution in [0.1, 0.15) is 5.56 Å². The molecule has 0 aliphatic heterocycles. The number of benzene rings is 1. The first kappa shape index (κ1) is 7.29. The third-order valence-corrected chi connectivity index (χ3v) is 1.35. The van der Waals surface area contributed by atoms with Gasteiger partial charge in [-0.25, -0.2) is 0 Å². The highest BCUT2D eigenvalue weighted by atomic mass is 16.2. The van der Waals surface area contributed by atoms with Crippen LogP contribution in [0.4, 0.5) is 0 Å². The van der Waals surface area contributed by atoms with Gasteiger partial charge in [0.15, 0.2) is 0 Å². The lowest BCUT2D eigenvalue weighted by Crippen LogP contribution is -1.89. The Hall–Kier alpha value is -0.820. The van der Waals surface area contributed by atoms with Gasteiger partial charge in [-0.2, -0.15) is 0 Å². The first-order chi connectivity index (χ1) is 4.93. The van der Waals surface area contributed by atoms with Crippen LogP contribution >= 0.6 is 0 Å². The van der Waals surface area contributed by atoms with E-state index in [1.807, 2.05) is 36.8 Å². The van der Waals surface area contributed by atoms with Crippen LogP contribution in [0.2, 0.25) is 0 Å². The topological polar surface area (TPSA) is 20.2 Å². The molecule has 0 fully saturated rings. The maximum Gasteiger partial charge on any atom is 0.0466 e. The Bertz CT molecular complexity index is 169. The molecule has 0 bridgehead atoms. The summed E-state index contributed by atoms with van der Waals surface area (Å²) in [4.78, 5) is 0. The maximum absolute atomic E-state index is 8.47. The van der Waals surface area contributed by atoms with Gasteiger partial charge in [0.05, 0.1) is 0 Å². The van der Waals surface area contributed by atoms with Gasteiger partial charge in [-0.3, -0.25) is 0 Å². The average Bonchev–Trinajstić information content (AvgIpc) is 2.03. The molecule has 0 aliphatic carbocycles. The summed E-state index contributed by atoms with van der Waals surface area (Å²) >= 11 is 0. The molecule has 0 atom stereocenters. The van der Waals surface area contributed by atoms with E-state index in [1.165, 1.54) is 5.56 Å². The van der Waals surface area contributed by atoms with E-state index in [4.69, 9.17) is 5.11 Å². The molecule has 1 aromatic carbocycles. The van der Waals surface area contributed by atoms with Gasteiger partial charge in [0.25, 0.3) is 0 Å². The molecule has 10 heavy (non-hydrogen) atoms. The van der Waals surface area contributed by atoms with Crippen LogP contribution in [-0.2, 0) is 6.42 Å². The monoisotopic (exact) mass is 135 g/mol. The summed E-state index contributed by atoms with van der Waals surface area (Å²) < 4.78 is 0. The summed E-state index contributed by atoms with van der Waals surface area (Å²) in [5.41, 5.74) is 1.25. The summed E-state index contributed by atoms with van der Waals surface area (Å²) in [6, 6.07) is 10.1. The van der Waals surface area contributed by atoms with Gasteiger partial charge < -0.3 is 5.11 Å². The van der Waals surface area contributed by atoms with E-state index < -0.39 is 0 Å². The van der Waals surface area contributed by atoms with E-state index in [9.17, 15) is 0 Å². The van der Waals surface area contributed by atoms with Crippen molar-refractivity contribution in [1.82, 2.24) is 0 Å². The van der Waals surface area contributed by atoms with Gasteiger partial charge >= 0.3 is 0 Å². The number of aliphatic hydroxyl groups is 1. The number of hydrogen-bond donors (Lipinski definition) is 1. The minimum Gasteiger partial charge on any atom is -0.396 e. The smallest absolute Gasteiger partial charge is 0.0466 e. The Balaban J connectivity index is 2.43. The third kappa shape index (κ3) is 2.19. The van der Waals surface area contributed by atoms with Crippen LogP contribution in [0, 0.1) is 6.42 Å². The Morgan fingerprint density at radius 1 is 1.20 bits per heavy atom. The number of aliphatic hydroxyl groups excluding tert-OH is 1. The summed E-state index contributed by atoms with van der Waals surface area (Å²) in [5, 5.41) is 8.47. The van der Waals surface area contributed by atoms with Gasteiger partial charge in [-0.1, -0.05) is 30.3 Å². The second-order valence-electron chi connectivity index (χ2n) is 2.16.